The Kier molecular flexibility index (Phi) is 9.27. The van der Waals surface area contributed by atoms with Crippen molar-refractivity contribution in [1.29, 1.82) is 0 Å². The van der Waals surface area contributed by atoms with Crippen LogP contribution in [0, 0.1) is 11.8 Å². The number of hydrogen-bond acceptors (Lipinski definition) is 6. The minimum Gasteiger partial charge on any atom is -0.343 e. The monoisotopic (exact) mass is 585 g/mol. The molecule has 1 heterocycles. The molecule has 1 aliphatic heterocycles. The lowest BCUT2D eigenvalue weighted by Crippen LogP contribution is -2.47. The van der Waals surface area contributed by atoms with Crippen molar-refractivity contribution in [3.8, 4) is 0 Å². The molecular weight excluding hydrogens is 550 g/mol. The van der Waals surface area contributed by atoms with Crippen molar-refractivity contribution in [1.82, 2.24) is 13.9 Å². The number of benzene rings is 3. The van der Waals surface area contributed by atoms with E-state index >= 15 is 0 Å². The molecule has 0 bridgehead atoms. The van der Waals surface area contributed by atoms with Gasteiger partial charge in [-0.15, -0.1) is 0 Å². The van der Waals surface area contributed by atoms with Gasteiger partial charge in [-0.1, -0.05) is 48.5 Å². The smallest absolute Gasteiger partial charge is 0.264 e. The number of nitrogens with zero attached hydrogens (tertiary/aromatic N) is 2. The molecule has 11 heteroatoms. The van der Waals surface area contributed by atoms with Gasteiger partial charge in [0.2, 0.25) is 21.8 Å². The van der Waals surface area contributed by atoms with Gasteiger partial charge in [0.1, 0.15) is 5.92 Å². The van der Waals surface area contributed by atoms with E-state index in [9.17, 15) is 26.4 Å². The average Bonchev–Trinajstić information content (AvgIpc) is 2.96. The SMILES string of the molecule is CCN(CC)C(=O)C(CC1CCN(S(=O)(=O)c2ccccc2)CC1)C(=O)NS(=O)(=O)c1ccc2ccccc2c1. The van der Waals surface area contributed by atoms with Crippen molar-refractivity contribution in [3.63, 3.8) is 0 Å². The standard InChI is InChI=1S/C29H35N3O6S2/c1-3-31(4-2)29(34)27(20-22-16-18-32(19-17-22)40(37,38)25-12-6-5-7-13-25)28(33)30-39(35,36)26-15-14-23-10-8-9-11-24(23)21-26/h5-15,21-22,27H,3-4,16-20H2,1-2H3,(H,30,33). The third-order valence-electron chi connectivity index (χ3n) is 7.48. The number of hydrogen-bond donors (Lipinski definition) is 1. The Labute approximate surface area is 236 Å². The van der Waals surface area contributed by atoms with Gasteiger partial charge in [0, 0.05) is 26.2 Å². The van der Waals surface area contributed by atoms with E-state index < -0.39 is 37.8 Å². The van der Waals surface area contributed by atoms with Crippen molar-refractivity contribution in [2.45, 2.75) is 42.9 Å². The second-order valence-electron chi connectivity index (χ2n) is 9.94. The maximum Gasteiger partial charge on any atom is 0.264 e. The Hall–Kier alpha value is -3.28. The summed E-state index contributed by atoms with van der Waals surface area (Å²) >= 11 is 0. The molecule has 4 rings (SSSR count). The van der Waals surface area contributed by atoms with Crippen LogP contribution < -0.4 is 4.72 Å². The highest BCUT2D eigenvalue weighted by molar-refractivity contribution is 7.90. The normalized spacial score (nSPS) is 15.9. The largest absolute Gasteiger partial charge is 0.343 e. The molecular formula is C29H35N3O6S2. The summed E-state index contributed by atoms with van der Waals surface area (Å²) in [6.07, 6.45) is 1.05. The Morgan fingerprint density at radius 2 is 1.45 bits per heavy atom. The fourth-order valence-electron chi connectivity index (χ4n) is 5.13. The topological polar surface area (TPSA) is 121 Å². The van der Waals surface area contributed by atoms with Crippen LogP contribution in [0.5, 0.6) is 0 Å². The lowest BCUT2D eigenvalue weighted by Gasteiger charge is -2.33. The van der Waals surface area contributed by atoms with Crippen molar-refractivity contribution in [2.24, 2.45) is 11.8 Å². The quantitative estimate of drug-likeness (QED) is 0.363. The number of rotatable bonds is 10. The van der Waals surface area contributed by atoms with Gasteiger partial charge in [-0.2, -0.15) is 4.31 Å². The molecule has 0 aromatic heterocycles. The molecule has 214 valence electrons. The molecule has 9 nitrogen and oxygen atoms in total. The molecule has 40 heavy (non-hydrogen) atoms. The number of nitrogens with one attached hydrogen (secondary N) is 1. The van der Waals surface area contributed by atoms with E-state index in [0.717, 1.165) is 5.39 Å². The van der Waals surface area contributed by atoms with Crippen LogP contribution in [0.25, 0.3) is 10.8 Å². The third-order valence-corrected chi connectivity index (χ3v) is 10.7. The summed E-state index contributed by atoms with van der Waals surface area (Å²) in [6.45, 7) is 4.87. The number of piperidine rings is 1. The second kappa shape index (κ2) is 12.5. The minimum atomic E-state index is -4.23. The Balaban J connectivity index is 1.50. The Morgan fingerprint density at radius 1 is 0.850 bits per heavy atom. The van der Waals surface area contributed by atoms with Gasteiger partial charge < -0.3 is 4.90 Å². The number of fused-ring (bicyclic) bond motifs is 1. The predicted octanol–water partition coefficient (Wildman–Crippen LogP) is 3.62. The van der Waals surface area contributed by atoms with Gasteiger partial charge in [-0.3, -0.25) is 9.59 Å². The molecule has 0 saturated carbocycles. The van der Waals surface area contributed by atoms with Gasteiger partial charge in [-0.25, -0.2) is 21.6 Å². The van der Waals surface area contributed by atoms with E-state index in [4.69, 9.17) is 0 Å². The number of sulfonamides is 2. The van der Waals surface area contributed by atoms with Crippen LogP contribution in [-0.2, 0) is 29.6 Å². The van der Waals surface area contributed by atoms with Crippen molar-refractivity contribution in [2.75, 3.05) is 26.2 Å². The molecule has 1 saturated heterocycles. The first-order valence-electron chi connectivity index (χ1n) is 13.5. The van der Waals surface area contributed by atoms with Gasteiger partial charge in [-0.05, 0) is 74.1 Å². The summed E-state index contributed by atoms with van der Waals surface area (Å²) in [4.78, 5) is 28.5. The molecule has 0 radical (unpaired) electrons. The summed E-state index contributed by atoms with van der Waals surface area (Å²) in [5.74, 6) is -2.64. The molecule has 1 fully saturated rings. The summed E-state index contributed by atoms with van der Waals surface area (Å²) < 4.78 is 55.9. The molecule has 1 N–H and O–H groups in total. The van der Waals surface area contributed by atoms with Crippen LogP contribution in [0.15, 0.2) is 82.6 Å². The van der Waals surface area contributed by atoms with E-state index in [1.54, 1.807) is 62.4 Å². The van der Waals surface area contributed by atoms with E-state index in [0.29, 0.717) is 31.3 Å². The first kappa shape index (κ1) is 29.7. The van der Waals surface area contributed by atoms with Crippen molar-refractivity contribution < 1.29 is 26.4 Å². The van der Waals surface area contributed by atoms with Crippen molar-refractivity contribution in [3.05, 3.63) is 72.8 Å². The molecule has 0 aliphatic carbocycles. The maximum absolute atomic E-state index is 13.4. The summed E-state index contributed by atoms with van der Waals surface area (Å²) in [7, 11) is -7.86. The van der Waals surface area contributed by atoms with Gasteiger partial charge >= 0.3 is 0 Å². The van der Waals surface area contributed by atoms with Crippen molar-refractivity contribution >= 4 is 42.6 Å². The number of amides is 2. The Bertz CT molecular complexity index is 1560. The van der Waals surface area contributed by atoms with Crippen LogP contribution in [0.4, 0.5) is 0 Å². The zero-order valence-corrected chi connectivity index (χ0v) is 24.3. The van der Waals surface area contributed by atoms with Gasteiger partial charge in [0.15, 0.2) is 0 Å². The summed E-state index contributed by atoms with van der Waals surface area (Å²) in [5.41, 5.74) is 0. The zero-order valence-electron chi connectivity index (χ0n) is 22.7. The first-order chi connectivity index (χ1) is 19.1. The molecule has 1 atom stereocenters. The molecule has 1 unspecified atom stereocenters. The highest BCUT2D eigenvalue weighted by atomic mass is 32.2. The van der Waals surface area contributed by atoms with E-state index in [1.807, 2.05) is 12.1 Å². The molecule has 0 spiro atoms. The maximum atomic E-state index is 13.4. The molecule has 3 aromatic rings. The first-order valence-corrected chi connectivity index (χ1v) is 16.4. The van der Waals surface area contributed by atoms with Crippen LogP contribution in [0.1, 0.15) is 33.1 Å². The van der Waals surface area contributed by atoms with Gasteiger partial charge in [0.05, 0.1) is 9.79 Å². The molecule has 1 aliphatic rings. The highest BCUT2D eigenvalue weighted by Crippen LogP contribution is 2.29. The third kappa shape index (κ3) is 6.54. The lowest BCUT2D eigenvalue weighted by molar-refractivity contribution is -0.142. The van der Waals surface area contributed by atoms with Crippen LogP contribution in [0.3, 0.4) is 0 Å². The molecule has 2 amide bonds. The predicted molar refractivity (Wildman–Crippen MR) is 153 cm³/mol. The van der Waals surface area contributed by atoms with Crippen LogP contribution >= 0.6 is 0 Å². The average molecular weight is 586 g/mol. The van der Waals surface area contributed by atoms with E-state index in [-0.39, 0.29) is 35.2 Å². The fraction of sp³-hybridized carbons (Fsp3) is 0.379. The minimum absolute atomic E-state index is 0.0620. The Morgan fingerprint density at radius 3 is 2.08 bits per heavy atom. The van der Waals surface area contributed by atoms with E-state index in [1.165, 1.54) is 21.3 Å². The summed E-state index contributed by atoms with van der Waals surface area (Å²) in [5, 5.41) is 1.58. The summed E-state index contributed by atoms with van der Waals surface area (Å²) in [6, 6.07) is 20.1. The highest BCUT2D eigenvalue weighted by Gasteiger charge is 2.37. The van der Waals surface area contributed by atoms with Gasteiger partial charge in [0.25, 0.3) is 10.0 Å². The number of carbonyl (C=O) groups is 2. The molecule has 3 aromatic carbocycles. The fourth-order valence-corrected chi connectivity index (χ4v) is 7.68. The zero-order chi connectivity index (χ0) is 28.9. The van der Waals surface area contributed by atoms with E-state index in [2.05, 4.69) is 4.72 Å². The number of carbonyl (C=O) groups excluding carboxylic acids is 2. The second-order valence-corrected chi connectivity index (χ2v) is 13.6. The van der Waals surface area contributed by atoms with Crippen LogP contribution in [0.2, 0.25) is 0 Å². The van der Waals surface area contributed by atoms with Crippen LogP contribution in [-0.4, -0.2) is 64.0 Å². The lowest BCUT2D eigenvalue weighted by atomic mass is 9.86.